The van der Waals surface area contributed by atoms with Gasteiger partial charge in [-0.2, -0.15) is 5.10 Å². The minimum absolute atomic E-state index is 0.296. The highest BCUT2D eigenvalue weighted by Gasteiger charge is 2.24. The van der Waals surface area contributed by atoms with Gasteiger partial charge in [-0.25, -0.2) is 0 Å². The van der Waals surface area contributed by atoms with Gasteiger partial charge in [-0.3, -0.25) is 4.68 Å². The summed E-state index contributed by atoms with van der Waals surface area (Å²) in [5.74, 6) is 1.09. The molecule has 15 heavy (non-hydrogen) atoms. The molecule has 2 atom stereocenters. The highest BCUT2D eigenvalue weighted by molar-refractivity contribution is 5.38. The summed E-state index contributed by atoms with van der Waals surface area (Å²) in [6, 6.07) is 2.54. The van der Waals surface area contributed by atoms with E-state index >= 15 is 0 Å². The first-order valence-electron chi connectivity index (χ1n) is 5.61. The Bertz CT molecular complexity index is 335. The van der Waals surface area contributed by atoms with Crippen LogP contribution < -0.4 is 5.32 Å². The molecule has 1 aromatic rings. The Morgan fingerprint density at radius 3 is 3.00 bits per heavy atom. The van der Waals surface area contributed by atoms with E-state index in [0.29, 0.717) is 12.1 Å². The van der Waals surface area contributed by atoms with Crippen LogP contribution in [0.25, 0.3) is 0 Å². The second-order valence-corrected chi connectivity index (χ2v) is 4.11. The molecule has 0 radical (unpaired) electrons. The third-order valence-corrected chi connectivity index (χ3v) is 3.00. The summed E-state index contributed by atoms with van der Waals surface area (Å²) in [7, 11) is 1.97. The van der Waals surface area contributed by atoms with Crippen LogP contribution in [-0.2, 0) is 18.2 Å². The van der Waals surface area contributed by atoms with Crippen LogP contribution >= 0.6 is 0 Å². The molecule has 1 N–H and O–H groups in total. The molecule has 1 aliphatic heterocycles. The molecule has 1 aromatic heterocycles. The second kappa shape index (κ2) is 4.23. The fourth-order valence-electron chi connectivity index (χ4n) is 1.95. The van der Waals surface area contributed by atoms with E-state index in [0.717, 1.165) is 31.0 Å². The number of hydrogen-bond donors (Lipinski definition) is 1. The van der Waals surface area contributed by atoms with Crippen molar-refractivity contribution in [2.45, 2.75) is 38.8 Å². The monoisotopic (exact) mass is 209 g/mol. The van der Waals surface area contributed by atoms with Crippen molar-refractivity contribution in [2.24, 2.45) is 7.05 Å². The second-order valence-electron chi connectivity index (χ2n) is 4.11. The third kappa shape index (κ3) is 2.15. The average molecular weight is 209 g/mol. The van der Waals surface area contributed by atoms with Gasteiger partial charge in [-0.15, -0.1) is 0 Å². The van der Waals surface area contributed by atoms with Gasteiger partial charge in [0.25, 0.3) is 0 Å². The maximum absolute atomic E-state index is 5.52. The highest BCUT2D eigenvalue weighted by atomic mass is 16.5. The van der Waals surface area contributed by atoms with Crippen LogP contribution in [0.5, 0.6) is 0 Å². The van der Waals surface area contributed by atoms with Gasteiger partial charge in [0.15, 0.2) is 0 Å². The van der Waals surface area contributed by atoms with Crippen molar-refractivity contribution in [1.29, 1.82) is 0 Å². The van der Waals surface area contributed by atoms with Gasteiger partial charge >= 0.3 is 0 Å². The topological polar surface area (TPSA) is 39.1 Å². The maximum Gasteiger partial charge on any atom is 0.124 e. The minimum atomic E-state index is 0.296. The van der Waals surface area contributed by atoms with Crippen LogP contribution in [-0.4, -0.2) is 28.5 Å². The van der Waals surface area contributed by atoms with E-state index in [4.69, 9.17) is 4.74 Å². The van der Waals surface area contributed by atoms with Crippen LogP contribution in [0.4, 0.5) is 5.82 Å². The third-order valence-electron chi connectivity index (χ3n) is 3.00. The number of ether oxygens (including phenoxy) is 1. The Labute approximate surface area is 90.6 Å². The van der Waals surface area contributed by atoms with Crippen LogP contribution in [0.2, 0.25) is 0 Å². The summed E-state index contributed by atoms with van der Waals surface area (Å²) in [6.45, 7) is 5.09. The first kappa shape index (κ1) is 10.5. The smallest absolute Gasteiger partial charge is 0.124 e. The lowest BCUT2D eigenvalue weighted by Crippen LogP contribution is -2.27. The number of hydrogen-bond acceptors (Lipinski definition) is 3. The molecule has 0 saturated carbocycles. The molecule has 4 heteroatoms. The van der Waals surface area contributed by atoms with Gasteiger partial charge in [0.1, 0.15) is 5.82 Å². The van der Waals surface area contributed by atoms with Crippen molar-refractivity contribution in [3.8, 4) is 0 Å². The Kier molecular flexibility index (Phi) is 2.95. The summed E-state index contributed by atoms with van der Waals surface area (Å²) in [6.07, 6.45) is 2.35. The molecule has 0 bridgehead atoms. The van der Waals surface area contributed by atoms with E-state index in [2.05, 4.69) is 30.3 Å². The molecular formula is C11H19N3O. The van der Waals surface area contributed by atoms with E-state index in [1.165, 1.54) is 0 Å². The minimum Gasteiger partial charge on any atom is -0.376 e. The number of rotatable bonds is 3. The summed E-state index contributed by atoms with van der Waals surface area (Å²) in [5.41, 5.74) is 1.13. The molecule has 0 aliphatic carbocycles. The van der Waals surface area contributed by atoms with Gasteiger partial charge in [0.05, 0.1) is 17.8 Å². The van der Waals surface area contributed by atoms with Gasteiger partial charge in [-0.05, 0) is 19.8 Å². The summed E-state index contributed by atoms with van der Waals surface area (Å²) >= 11 is 0. The molecule has 2 rings (SSSR count). The van der Waals surface area contributed by atoms with Crippen molar-refractivity contribution in [2.75, 3.05) is 11.9 Å². The molecule has 0 amide bonds. The summed E-state index contributed by atoms with van der Waals surface area (Å²) in [4.78, 5) is 0. The first-order chi connectivity index (χ1) is 7.20. The normalized spacial score (nSPS) is 25.8. The van der Waals surface area contributed by atoms with E-state index < -0.39 is 0 Å². The van der Waals surface area contributed by atoms with E-state index in [-0.39, 0.29) is 0 Å². The van der Waals surface area contributed by atoms with E-state index in [1.54, 1.807) is 0 Å². The van der Waals surface area contributed by atoms with Crippen molar-refractivity contribution in [1.82, 2.24) is 9.78 Å². The molecule has 0 spiro atoms. The highest BCUT2D eigenvalue weighted by Crippen LogP contribution is 2.19. The fraction of sp³-hybridized carbons (Fsp3) is 0.727. The number of nitrogens with one attached hydrogen (secondary N) is 1. The van der Waals surface area contributed by atoms with Gasteiger partial charge < -0.3 is 10.1 Å². The lowest BCUT2D eigenvalue weighted by atomic mass is 10.1. The van der Waals surface area contributed by atoms with Gasteiger partial charge in [0, 0.05) is 19.7 Å². The van der Waals surface area contributed by atoms with E-state index in [9.17, 15) is 0 Å². The van der Waals surface area contributed by atoms with Crippen molar-refractivity contribution >= 4 is 5.82 Å². The average Bonchev–Trinajstić information content (AvgIpc) is 2.76. The molecule has 1 saturated heterocycles. The SMILES string of the molecule is CCc1cc(N[C@H]2CCO[C@@H]2C)n(C)n1. The standard InChI is InChI=1S/C11H19N3O/c1-4-9-7-11(14(3)13-9)12-10-5-6-15-8(10)2/h7-8,10,12H,4-6H2,1-3H3/t8-,10+/m1/s1. The molecule has 4 nitrogen and oxygen atoms in total. The predicted molar refractivity (Wildman–Crippen MR) is 60.0 cm³/mol. The van der Waals surface area contributed by atoms with Crippen LogP contribution in [0.15, 0.2) is 6.07 Å². The number of aromatic nitrogens is 2. The van der Waals surface area contributed by atoms with Crippen LogP contribution in [0.1, 0.15) is 26.0 Å². The number of aryl methyl sites for hydroxylation is 2. The zero-order valence-corrected chi connectivity index (χ0v) is 9.66. The Balaban J connectivity index is 2.06. The van der Waals surface area contributed by atoms with Gasteiger partial charge in [0.2, 0.25) is 0 Å². The number of anilines is 1. The quantitative estimate of drug-likeness (QED) is 0.821. The molecule has 0 aromatic carbocycles. The molecule has 0 unspecified atom stereocenters. The maximum atomic E-state index is 5.52. The Morgan fingerprint density at radius 2 is 2.47 bits per heavy atom. The molecular weight excluding hydrogens is 190 g/mol. The first-order valence-corrected chi connectivity index (χ1v) is 5.61. The van der Waals surface area contributed by atoms with E-state index in [1.807, 2.05) is 11.7 Å². The molecule has 1 fully saturated rings. The number of nitrogens with zero attached hydrogens (tertiary/aromatic N) is 2. The lowest BCUT2D eigenvalue weighted by molar-refractivity contribution is 0.121. The largest absolute Gasteiger partial charge is 0.376 e. The van der Waals surface area contributed by atoms with Crippen LogP contribution in [0.3, 0.4) is 0 Å². The zero-order chi connectivity index (χ0) is 10.8. The van der Waals surface area contributed by atoms with Crippen LogP contribution in [0, 0.1) is 0 Å². The summed E-state index contributed by atoms with van der Waals surface area (Å²) in [5, 5.41) is 7.90. The lowest BCUT2D eigenvalue weighted by Gasteiger charge is -2.16. The Hall–Kier alpha value is -1.03. The predicted octanol–water partition coefficient (Wildman–Crippen LogP) is 1.57. The fourth-order valence-corrected chi connectivity index (χ4v) is 1.95. The van der Waals surface area contributed by atoms with Crippen molar-refractivity contribution in [3.63, 3.8) is 0 Å². The van der Waals surface area contributed by atoms with Crippen molar-refractivity contribution < 1.29 is 4.74 Å². The Morgan fingerprint density at radius 1 is 1.67 bits per heavy atom. The molecule has 1 aliphatic rings. The van der Waals surface area contributed by atoms with Crippen molar-refractivity contribution in [3.05, 3.63) is 11.8 Å². The molecule has 84 valence electrons. The summed E-state index contributed by atoms with van der Waals surface area (Å²) < 4.78 is 7.43. The zero-order valence-electron chi connectivity index (χ0n) is 9.66. The molecule has 2 heterocycles. The van der Waals surface area contributed by atoms with Gasteiger partial charge in [-0.1, -0.05) is 6.92 Å².